The van der Waals surface area contributed by atoms with E-state index < -0.39 is 0 Å². The van der Waals surface area contributed by atoms with Gasteiger partial charge in [0.2, 0.25) is 0 Å². The van der Waals surface area contributed by atoms with E-state index in [4.69, 9.17) is 0 Å². The van der Waals surface area contributed by atoms with Crippen molar-refractivity contribution in [1.29, 1.82) is 0 Å². The van der Waals surface area contributed by atoms with E-state index in [1.165, 1.54) is 31.2 Å². The smallest absolute Gasteiger partial charge is 0.0162 e. The molecule has 0 N–H and O–H groups in total. The van der Waals surface area contributed by atoms with E-state index >= 15 is 0 Å². The van der Waals surface area contributed by atoms with Crippen molar-refractivity contribution in [2.45, 2.75) is 38.0 Å². The maximum atomic E-state index is 3.92. The van der Waals surface area contributed by atoms with Crippen molar-refractivity contribution in [2.75, 3.05) is 0 Å². The molecule has 1 aromatic carbocycles. The summed E-state index contributed by atoms with van der Waals surface area (Å²) in [6.07, 6.45) is 6.53. The van der Waals surface area contributed by atoms with Crippen molar-refractivity contribution in [3.8, 4) is 0 Å². The van der Waals surface area contributed by atoms with Gasteiger partial charge in [0, 0.05) is 0 Å². The summed E-state index contributed by atoms with van der Waals surface area (Å²) < 4.78 is 0. The fourth-order valence-corrected chi connectivity index (χ4v) is 2.26. The number of rotatable bonds is 2. The van der Waals surface area contributed by atoms with Crippen molar-refractivity contribution in [3.05, 3.63) is 42.3 Å². The van der Waals surface area contributed by atoms with Gasteiger partial charge in [0.25, 0.3) is 0 Å². The van der Waals surface area contributed by atoms with Crippen LogP contribution in [0.1, 0.15) is 42.7 Å². The zero-order valence-corrected chi connectivity index (χ0v) is 8.13. The normalized spacial score (nSPS) is 17.9. The van der Waals surface area contributed by atoms with Crippen LogP contribution in [0, 0.1) is 6.92 Å². The molecule has 0 nitrogen and oxygen atoms in total. The largest absolute Gasteiger partial charge is 0.0617 e. The molecule has 1 aromatic rings. The van der Waals surface area contributed by atoms with Gasteiger partial charge in [0.15, 0.2) is 0 Å². The van der Waals surface area contributed by atoms with Crippen molar-refractivity contribution < 1.29 is 0 Å². The van der Waals surface area contributed by atoms with Crippen LogP contribution in [0.5, 0.6) is 0 Å². The molecule has 1 aliphatic carbocycles. The molecule has 0 aromatic heterocycles. The number of hydrogen-bond donors (Lipinski definition) is 0. The Bertz CT molecular complexity index is 269. The molecule has 69 valence electrons. The molecule has 0 bridgehead atoms. The Labute approximate surface area is 81.0 Å². The minimum atomic E-state index is 0.839. The summed E-state index contributed by atoms with van der Waals surface area (Å²) in [7, 11) is 0. The molecule has 1 radical (unpaired) electrons. The Morgan fingerprint density at radius 1 is 1.23 bits per heavy atom. The second-order valence-electron chi connectivity index (χ2n) is 3.98. The first-order chi connectivity index (χ1) is 6.40. The minimum absolute atomic E-state index is 0.839. The van der Waals surface area contributed by atoms with Gasteiger partial charge in [-0.2, -0.15) is 0 Å². The Morgan fingerprint density at radius 3 is 2.69 bits per heavy atom. The van der Waals surface area contributed by atoms with E-state index in [2.05, 4.69) is 31.2 Å². The van der Waals surface area contributed by atoms with Crippen LogP contribution in [0.15, 0.2) is 24.3 Å². The number of benzene rings is 1. The van der Waals surface area contributed by atoms with Gasteiger partial charge in [-0.1, -0.05) is 37.1 Å². The van der Waals surface area contributed by atoms with E-state index in [1.807, 2.05) is 0 Å². The highest BCUT2D eigenvalue weighted by molar-refractivity contribution is 5.27. The molecular formula is C13H17. The van der Waals surface area contributed by atoms with Gasteiger partial charge in [0.1, 0.15) is 0 Å². The van der Waals surface area contributed by atoms with Crippen LogP contribution in [0.4, 0.5) is 0 Å². The maximum absolute atomic E-state index is 3.92. The van der Waals surface area contributed by atoms with Crippen molar-refractivity contribution in [1.82, 2.24) is 0 Å². The average Bonchev–Trinajstić information content (AvgIpc) is 2.71. The maximum Gasteiger partial charge on any atom is -0.0162 e. The molecule has 0 heteroatoms. The Morgan fingerprint density at radius 2 is 2.00 bits per heavy atom. The molecule has 1 fully saturated rings. The molecule has 0 spiro atoms. The zero-order valence-electron chi connectivity index (χ0n) is 8.13. The average molecular weight is 173 g/mol. The summed E-state index contributed by atoms with van der Waals surface area (Å²) in [6, 6.07) is 8.96. The third-order valence-corrected chi connectivity index (χ3v) is 3.07. The van der Waals surface area contributed by atoms with E-state index in [9.17, 15) is 0 Å². The molecule has 1 saturated carbocycles. The Hall–Kier alpha value is -0.780. The molecule has 0 saturated heterocycles. The minimum Gasteiger partial charge on any atom is -0.0617 e. The lowest BCUT2D eigenvalue weighted by Gasteiger charge is -2.10. The highest BCUT2D eigenvalue weighted by Crippen LogP contribution is 2.34. The fraction of sp³-hybridized carbons (Fsp3) is 0.462. The van der Waals surface area contributed by atoms with Gasteiger partial charge in [-0.3, -0.25) is 0 Å². The molecule has 1 aliphatic rings. The topological polar surface area (TPSA) is 0 Å². The summed E-state index contributed by atoms with van der Waals surface area (Å²) in [6.45, 7) is 3.92. The van der Waals surface area contributed by atoms with Gasteiger partial charge in [-0.15, -0.1) is 0 Å². The predicted octanol–water partition coefficient (Wildman–Crippen LogP) is 3.72. The van der Waals surface area contributed by atoms with Gasteiger partial charge in [-0.25, -0.2) is 0 Å². The van der Waals surface area contributed by atoms with E-state index in [0.717, 1.165) is 12.3 Å². The lowest BCUT2D eigenvalue weighted by atomic mass is 9.95. The van der Waals surface area contributed by atoms with Gasteiger partial charge < -0.3 is 0 Å². The van der Waals surface area contributed by atoms with Crippen LogP contribution >= 0.6 is 0 Å². The van der Waals surface area contributed by atoms with Gasteiger partial charge >= 0.3 is 0 Å². The predicted molar refractivity (Wildman–Crippen MR) is 56.7 cm³/mol. The first kappa shape index (κ1) is 8.80. The monoisotopic (exact) mass is 173 g/mol. The summed E-state index contributed by atoms with van der Waals surface area (Å²) >= 11 is 0. The SMILES string of the molecule is [CH2]Cc1cccc(C2CCCC2)c1. The van der Waals surface area contributed by atoms with Crippen LogP contribution in [0.3, 0.4) is 0 Å². The number of hydrogen-bond acceptors (Lipinski definition) is 0. The molecule has 0 unspecified atom stereocenters. The summed E-state index contributed by atoms with van der Waals surface area (Å²) in [5, 5.41) is 0. The standard InChI is InChI=1S/C13H17/c1-2-11-6-5-9-13(10-11)12-7-3-4-8-12/h5-6,9-10,12H,1-4,7-8H2. The molecule has 0 heterocycles. The quantitative estimate of drug-likeness (QED) is 0.639. The summed E-state index contributed by atoms with van der Waals surface area (Å²) in [5.41, 5.74) is 2.92. The highest BCUT2D eigenvalue weighted by Gasteiger charge is 2.16. The van der Waals surface area contributed by atoms with Crippen LogP contribution in [0.25, 0.3) is 0 Å². The summed E-state index contributed by atoms with van der Waals surface area (Å²) in [5.74, 6) is 0.839. The first-order valence-corrected chi connectivity index (χ1v) is 5.28. The van der Waals surface area contributed by atoms with E-state index in [1.54, 1.807) is 5.56 Å². The third-order valence-electron chi connectivity index (χ3n) is 3.07. The fourth-order valence-electron chi connectivity index (χ4n) is 2.26. The Balaban J connectivity index is 2.18. The van der Waals surface area contributed by atoms with Crippen LogP contribution in [-0.4, -0.2) is 0 Å². The summed E-state index contributed by atoms with van der Waals surface area (Å²) in [4.78, 5) is 0. The Kier molecular flexibility index (Phi) is 2.68. The zero-order chi connectivity index (χ0) is 9.10. The second-order valence-corrected chi connectivity index (χ2v) is 3.98. The second kappa shape index (κ2) is 3.95. The lowest BCUT2D eigenvalue weighted by molar-refractivity contribution is 0.722. The van der Waals surface area contributed by atoms with Gasteiger partial charge in [0.05, 0.1) is 0 Å². The van der Waals surface area contributed by atoms with Crippen molar-refractivity contribution >= 4 is 0 Å². The van der Waals surface area contributed by atoms with E-state index in [-0.39, 0.29) is 0 Å². The molecule has 13 heavy (non-hydrogen) atoms. The highest BCUT2D eigenvalue weighted by atomic mass is 14.2. The van der Waals surface area contributed by atoms with Crippen molar-refractivity contribution in [3.63, 3.8) is 0 Å². The third kappa shape index (κ3) is 1.93. The first-order valence-electron chi connectivity index (χ1n) is 5.28. The van der Waals surface area contributed by atoms with Crippen LogP contribution in [0.2, 0.25) is 0 Å². The molecule has 2 rings (SSSR count). The lowest BCUT2D eigenvalue weighted by Crippen LogP contribution is -1.93. The van der Waals surface area contributed by atoms with Crippen LogP contribution < -0.4 is 0 Å². The molecular weight excluding hydrogens is 156 g/mol. The molecule has 0 atom stereocenters. The van der Waals surface area contributed by atoms with Crippen molar-refractivity contribution in [2.24, 2.45) is 0 Å². The van der Waals surface area contributed by atoms with Gasteiger partial charge in [-0.05, 0) is 43.2 Å². The molecule has 0 amide bonds. The molecule has 0 aliphatic heterocycles. The van der Waals surface area contributed by atoms with E-state index in [0.29, 0.717) is 0 Å². The van der Waals surface area contributed by atoms with Crippen LogP contribution in [-0.2, 0) is 6.42 Å².